The summed E-state index contributed by atoms with van der Waals surface area (Å²) in [6.45, 7) is -3.16. The first-order chi connectivity index (χ1) is 9.86. The van der Waals surface area contributed by atoms with Crippen LogP contribution in [0.4, 0.5) is 34.6 Å². The lowest BCUT2D eigenvalue weighted by Crippen LogP contribution is -2.06. The van der Waals surface area contributed by atoms with Crippen LogP contribution >= 0.6 is 15.9 Å². The summed E-state index contributed by atoms with van der Waals surface area (Å²) in [7, 11) is 0. The van der Waals surface area contributed by atoms with E-state index in [0.717, 1.165) is 12.1 Å². The van der Waals surface area contributed by atoms with E-state index in [9.17, 15) is 17.6 Å². The van der Waals surface area contributed by atoms with Gasteiger partial charge in [-0.05, 0) is 34.1 Å². The number of nitrogens with two attached hydrogens (primary N) is 1. The summed E-state index contributed by atoms with van der Waals surface area (Å²) in [6.07, 6.45) is 0. The molecule has 3 N–H and O–H groups in total. The van der Waals surface area contributed by atoms with E-state index in [-0.39, 0.29) is 11.4 Å². The number of hydrogen-bond donors (Lipinski definition) is 2. The highest BCUT2D eigenvalue weighted by atomic mass is 79.9. The van der Waals surface area contributed by atoms with Crippen molar-refractivity contribution in [2.24, 2.45) is 0 Å². The van der Waals surface area contributed by atoms with Gasteiger partial charge >= 0.3 is 6.61 Å². The maximum absolute atomic E-state index is 13.4. The first-order valence-electron chi connectivity index (χ1n) is 5.62. The summed E-state index contributed by atoms with van der Waals surface area (Å²) in [5.41, 5.74) is 6.19. The average Bonchev–Trinajstić information content (AvgIpc) is 2.37. The second-order valence-corrected chi connectivity index (χ2v) is 4.85. The molecule has 0 amide bonds. The van der Waals surface area contributed by atoms with E-state index in [4.69, 9.17) is 5.73 Å². The quantitative estimate of drug-likeness (QED) is 0.612. The van der Waals surface area contributed by atoms with Gasteiger partial charge in [0.2, 0.25) is 0 Å². The third-order valence-electron chi connectivity index (χ3n) is 2.52. The van der Waals surface area contributed by atoms with Crippen molar-refractivity contribution in [1.82, 2.24) is 0 Å². The highest BCUT2D eigenvalue weighted by Gasteiger charge is 2.14. The van der Waals surface area contributed by atoms with Gasteiger partial charge in [-0.2, -0.15) is 8.78 Å². The Balaban J connectivity index is 2.34. The number of nitrogen functional groups attached to an aromatic ring is 1. The lowest BCUT2D eigenvalue weighted by molar-refractivity contribution is -0.0521. The van der Waals surface area contributed by atoms with Crippen molar-refractivity contribution in [1.29, 1.82) is 0 Å². The zero-order valence-electron chi connectivity index (χ0n) is 10.3. The van der Waals surface area contributed by atoms with E-state index in [1.165, 1.54) is 18.2 Å². The molecule has 0 aliphatic rings. The van der Waals surface area contributed by atoms with E-state index in [1.54, 1.807) is 0 Å². The Morgan fingerprint density at radius 2 is 1.81 bits per heavy atom. The Kier molecular flexibility index (Phi) is 4.56. The molecule has 112 valence electrons. The van der Waals surface area contributed by atoms with Gasteiger partial charge in [0.05, 0.1) is 17.1 Å². The van der Waals surface area contributed by atoms with Crippen LogP contribution in [-0.2, 0) is 0 Å². The molecule has 2 aromatic carbocycles. The molecule has 0 unspecified atom stereocenters. The third-order valence-corrected chi connectivity index (χ3v) is 3.18. The molecule has 21 heavy (non-hydrogen) atoms. The van der Waals surface area contributed by atoms with E-state index >= 15 is 0 Å². The Hall–Kier alpha value is -1.96. The molecular weight excluding hydrogens is 356 g/mol. The van der Waals surface area contributed by atoms with Crippen molar-refractivity contribution in [2.75, 3.05) is 11.1 Å². The standard InChI is InChI=1S/C13H9BrF4N2O/c14-7-3-6(15)1-2-10(7)20-11-5-12(21-13(17)18)8(16)4-9(11)19/h1-5,13,20H,19H2. The van der Waals surface area contributed by atoms with Crippen LogP contribution in [0.5, 0.6) is 5.75 Å². The topological polar surface area (TPSA) is 47.3 Å². The third kappa shape index (κ3) is 3.78. The second kappa shape index (κ2) is 6.21. The van der Waals surface area contributed by atoms with E-state index in [1.807, 2.05) is 0 Å². The van der Waals surface area contributed by atoms with Crippen molar-refractivity contribution < 1.29 is 22.3 Å². The summed E-state index contributed by atoms with van der Waals surface area (Å²) in [4.78, 5) is 0. The predicted octanol–water partition coefficient (Wildman–Crippen LogP) is 4.65. The summed E-state index contributed by atoms with van der Waals surface area (Å²) in [5.74, 6) is -2.10. The highest BCUT2D eigenvalue weighted by molar-refractivity contribution is 9.10. The molecule has 0 aromatic heterocycles. The lowest BCUT2D eigenvalue weighted by atomic mass is 10.2. The van der Waals surface area contributed by atoms with Crippen LogP contribution in [0.3, 0.4) is 0 Å². The Morgan fingerprint density at radius 1 is 1.10 bits per heavy atom. The van der Waals surface area contributed by atoms with Crippen molar-refractivity contribution >= 4 is 33.0 Å². The molecule has 0 radical (unpaired) electrons. The maximum atomic E-state index is 13.4. The van der Waals surface area contributed by atoms with Gasteiger partial charge < -0.3 is 15.8 Å². The van der Waals surface area contributed by atoms with Crippen molar-refractivity contribution in [3.05, 3.63) is 46.4 Å². The van der Waals surface area contributed by atoms with E-state index in [2.05, 4.69) is 26.0 Å². The number of nitrogens with one attached hydrogen (secondary N) is 1. The van der Waals surface area contributed by atoms with Gasteiger partial charge in [0.15, 0.2) is 11.6 Å². The summed E-state index contributed by atoms with van der Waals surface area (Å²) < 4.78 is 55.2. The number of rotatable bonds is 4. The van der Waals surface area contributed by atoms with Crippen molar-refractivity contribution in [2.45, 2.75) is 6.61 Å². The van der Waals surface area contributed by atoms with Crippen LogP contribution < -0.4 is 15.8 Å². The smallest absolute Gasteiger partial charge is 0.387 e. The normalized spacial score (nSPS) is 10.8. The van der Waals surface area contributed by atoms with Crippen LogP contribution in [0.25, 0.3) is 0 Å². The number of halogens is 5. The molecule has 3 nitrogen and oxygen atoms in total. The first-order valence-corrected chi connectivity index (χ1v) is 6.42. The number of alkyl halides is 2. The number of ether oxygens (including phenoxy) is 1. The van der Waals surface area contributed by atoms with Gasteiger partial charge in [0.1, 0.15) is 5.82 Å². The Morgan fingerprint density at radius 3 is 2.43 bits per heavy atom. The van der Waals surface area contributed by atoms with Gasteiger partial charge in [-0.1, -0.05) is 0 Å². The SMILES string of the molecule is Nc1cc(F)c(OC(F)F)cc1Nc1ccc(F)cc1Br. The average molecular weight is 365 g/mol. The van der Waals surface area contributed by atoms with Crippen LogP contribution in [0.15, 0.2) is 34.8 Å². The number of benzene rings is 2. The predicted molar refractivity (Wildman–Crippen MR) is 74.8 cm³/mol. The second-order valence-electron chi connectivity index (χ2n) is 4.00. The minimum Gasteiger partial charge on any atom is -0.432 e. The van der Waals surface area contributed by atoms with Crippen molar-refractivity contribution in [3.63, 3.8) is 0 Å². The molecule has 0 spiro atoms. The molecule has 0 heterocycles. The maximum Gasteiger partial charge on any atom is 0.387 e. The summed E-state index contributed by atoms with van der Waals surface area (Å²) >= 11 is 3.13. The van der Waals surface area contributed by atoms with Gasteiger partial charge in [0, 0.05) is 16.6 Å². The van der Waals surface area contributed by atoms with Crippen molar-refractivity contribution in [3.8, 4) is 5.75 Å². The van der Waals surface area contributed by atoms with E-state index in [0.29, 0.717) is 10.2 Å². The fourth-order valence-corrected chi connectivity index (χ4v) is 2.05. The molecular formula is C13H9BrF4N2O. The minimum absolute atomic E-state index is 0.00894. The molecule has 2 aromatic rings. The van der Waals surface area contributed by atoms with Crippen LogP contribution in [-0.4, -0.2) is 6.61 Å². The molecule has 8 heteroatoms. The minimum atomic E-state index is -3.16. The van der Waals surface area contributed by atoms with Gasteiger partial charge in [-0.3, -0.25) is 0 Å². The fourth-order valence-electron chi connectivity index (χ4n) is 1.60. The molecule has 0 fully saturated rings. The monoisotopic (exact) mass is 364 g/mol. The zero-order valence-corrected chi connectivity index (χ0v) is 11.9. The molecule has 0 saturated heterocycles. The highest BCUT2D eigenvalue weighted by Crippen LogP contribution is 2.33. The molecule has 0 aliphatic carbocycles. The Bertz CT molecular complexity index is 667. The number of anilines is 3. The summed E-state index contributed by atoms with van der Waals surface area (Å²) in [6, 6.07) is 5.68. The Labute approximate surface area is 125 Å². The summed E-state index contributed by atoms with van der Waals surface area (Å²) in [5, 5.41) is 2.78. The lowest BCUT2D eigenvalue weighted by Gasteiger charge is -2.14. The van der Waals surface area contributed by atoms with Crippen LogP contribution in [0.2, 0.25) is 0 Å². The van der Waals surface area contributed by atoms with Crippen LogP contribution in [0, 0.1) is 11.6 Å². The van der Waals surface area contributed by atoms with Gasteiger partial charge in [0.25, 0.3) is 0 Å². The van der Waals surface area contributed by atoms with Gasteiger partial charge in [-0.15, -0.1) is 0 Å². The molecule has 0 atom stereocenters. The molecule has 0 bridgehead atoms. The number of hydrogen-bond acceptors (Lipinski definition) is 3. The molecule has 0 saturated carbocycles. The zero-order chi connectivity index (χ0) is 15.6. The first kappa shape index (κ1) is 15.4. The largest absolute Gasteiger partial charge is 0.432 e. The molecule has 2 rings (SSSR count). The van der Waals surface area contributed by atoms with Crippen LogP contribution in [0.1, 0.15) is 0 Å². The van der Waals surface area contributed by atoms with E-state index < -0.39 is 24.0 Å². The fraction of sp³-hybridized carbons (Fsp3) is 0.0769. The molecule has 0 aliphatic heterocycles. The van der Waals surface area contributed by atoms with Gasteiger partial charge in [-0.25, -0.2) is 8.78 Å².